The zero-order valence-electron chi connectivity index (χ0n) is 25.3. The van der Waals surface area contributed by atoms with Crippen LogP contribution in [0.4, 0.5) is 5.69 Å². The van der Waals surface area contributed by atoms with E-state index in [1.54, 1.807) is 4.57 Å². The highest BCUT2D eigenvalue weighted by Gasteiger charge is 2.58. The van der Waals surface area contributed by atoms with Crippen molar-refractivity contribution in [2.45, 2.75) is 56.8 Å². The molecule has 6 rings (SSSR count). The van der Waals surface area contributed by atoms with Crippen LogP contribution < -0.4 is 9.05 Å². The summed E-state index contributed by atoms with van der Waals surface area (Å²) in [7, 11) is -8.63. The van der Waals surface area contributed by atoms with E-state index >= 15 is 0 Å². The molecule has 1 spiro atoms. The van der Waals surface area contributed by atoms with Crippen LogP contribution in [0.1, 0.15) is 43.2 Å². The molecule has 2 aliphatic heterocycles. The van der Waals surface area contributed by atoms with Gasteiger partial charge in [-0.25, -0.2) is 4.48 Å². The third-order valence-corrected chi connectivity index (χ3v) is 12.0. The molecule has 3 heterocycles. The number of hydrogen-bond acceptors (Lipinski definition) is 6. The molecule has 0 radical (unpaired) electrons. The maximum Gasteiger partial charge on any atom is 0.374 e. The third kappa shape index (κ3) is 6.02. The molecule has 2 aliphatic rings. The number of nitrogens with zero attached hydrogens (tertiary/aromatic N) is 2. The first-order valence-corrected chi connectivity index (χ1v) is 18.8. The second-order valence-corrected chi connectivity index (χ2v) is 15.9. The molecule has 1 aromatic heterocycles. The van der Waals surface area contributed by atoms with E-state index < -0.39 is 31.4 Å². The molecule has 45 heavy (non-hydrogen) atoms. The van der Waals surface area contributed by atoms with Gasteiger partial charge in [0.15, 0.2) is 17.3 Å². The Hall–Kier alpha value is -3.26. The van der Waals surface area contributed by atoms with Crippen molar-refractivity contribution in [3.63, 3.8) is 0 Å². The quantitative estimate of drug-likeness (QED) is 0.122. The number of thioether (sulfide) groups is 1. The first kappa shape index (κ1) is 31.7. The van der Waals surface area contributed by atoms with Crippen LogP contribution in [0.25, 0.3) is 28.3 Å². The van der Waals surface area contributed by atoms with Gasteiger partial charge in [-0.15, -0.1) is 0 Å². The molecule has 0 bridgehead atoms. The average Bonchev–Trinajstić information content (AvgIpc) is 3.66. The molecule has 1 saturated heterocycles. The van der Waals surface area contributed by atoms with E-state index in [0.29, 0.717) is 42.8 Å². The van der Waals surface area contributed by atoms with E-state index in [9.17, 15) is 25.9 Å². The molecule has 12 heteroatoms. The van der Waals surface area contributed by atoms with Crippen LogP contribution >= 0.6 is 11.8 Å². The monoisotopic (exact) mass is 668 g/mol. The smallest absolute Gasteiger partial charge is 0.374 e. The predicted octanol–water partition coefficient (Wildman–Crippen LogP) is 6.65. The standard InChI is InChI=1S/C33H34N2O7S3/c1-4-24(20-32-35(15-8-11-33(35)45(39,40)41)28-17-22(2)23(3)18-30(28)43-32)19-31-34(14-16-44(36,37)38)27-21-26(12-13-29(27)42-31)25-9-6-5-7-10-25/h5-7,9-10,12-13,17-21,33H,4,8,11,14-16H2,1-3H3/p+2/b24-19+,32-20?. The minimum Gasteiger partial charge on any atom is -0.398 e. The van der Waals surface area contributed by atoms with Crippen molar-refractivity contribution in [2.75, 3.05) is 12.3 Å². The topological polar surface area (TPSA) is 126 Å². The van der Waals surface area contributed by atoms with Gasteiger partial charge in [0.05, 0.1) is 17.5 Å². The summed E-state index contributed by atoms with van der Waals surface area (Å²) in [5.41, 5.74) is 7.03. The van der Waals surface area contributed by atoms with Gasteiger partial charge in [-0.05, 0) is 72.0 Å². The lowest BCUT2D eigenvalue weighted by Gasteiger charge is -2.34. The number of hydrogen-bond donors (Lipinski definition) is 2. The van der Waals surface area contributed by atoms with Gasteiger partial charge < -0.3 is 4.42 Å². The Morgan fingerprint density at radius 1 is 1.02 bits per heavy atom. The molecule has 2 N–H and O–H groups in total. The maximum atomic E-state index is 12.8. The van der Waals surface area contributed by atoms with Crippen molar-refractivity contribution in [1.82, 2.24) is 4.48 Å². The number of aromatic nitrogens is 1. The fraction of sp³-hybridized carbons (Fsp3) is 0.303. The van der Waals surface area contributed by atoms with Crippen molar-refractivity contribution in [1.29, 1.82) is 0 Å². The Morgan fingerprint density at radius 3 is 2.44 bits per heavy atom. The number of oxazole rings is 1. The van der Waals surface area contributed by atoms with Crippen molar-refractivity contribution >= 4 is 54.9 Å². The molecule has 9 nitrogen and oxygen atoms in total. The van der Waals surface area contributed by atoms with Crippen molar-refractivity contribution < 1.29 is 34.9 Å². The van der Waals surface area contributed by atoms with Gasteiger partial charge >= 0.3 is 16.0 Å². The van der Waals surface area contributed by atoms with Crippen LogP contribution in [0.15, 0.2) is 86.7 Å². The zero-order chi connectivity index (χ0) is 32.1. The van der Waals surface area contributed by atoms with Crippen LogP contribution in [0.2, 0.25) is 0 Å². The summed E-state index contributed by atoms with van der Waals surface area (Å²) >= 11 is 1.52. The number of rotatable bonds is 8. The van der Waals surface area contributed by atoms with Crippen LogP contribution in [0.5, 0.6) is 0 Å². The largest absolute Gasteiger partial charge is 0.398 e. The second kappa shape index (κ2) is 11.8. The third-order valence-electron chi connectivity index (χ3n) is 8.85. The van der Waals surface area contributed by atoms with Gasteiger partial charge in [-0.1, -0.05) is 43.3 Å². The van der Waals surface area contributed by atoms with Crippen molar-refractivity contribution in [3.05, 3.63) is 94.4 Å². The Labute approximate surface area is 268 Å². The molecule has 2 atom stereocenters. The average molecular weight is 669 g/mol. The summed E-state index contributed by atoms with van der Waals surface area (Å²) in [6, 6.07) is 19.7. The van der Waals surface area contributed by atoms with Crippen molar-refractivity contribution in [3.8, 4) is 11.1 Å². The Kier molecular flexibility index (Phi) is 8.34. The number of aryl methyl sites for hydroxylation is 3. The number of quaternary nitrogens is 1. The minimum absolute atomic E-state index is 0.0347. The van der Waals surface area contributed by atoms with E-state index in [4.69, 9.17) is 4.42 Å². The van der Waals surface area contributed by atoms with E-state index in [2.05, 4.69) is 6.07 Å². The molecule has 0 aliphatic carbocycles. The van der Waals surface area contributed by atoms with Crippen molar-refractivity contribution in [2.24, 2.45) is 0 Å². The van der Waals surface area contributed by atoms with Gasteiger partial charge in [0.2, 0.25) is 11.0 Å². The van der Waals surface area contributed by atoms with Crippen LogP contribution in [0, 0.1) is 13.8 Å². The van der Waals surface area contributed by atoms with Gasteiger partial charge in [0, 0.05) is 31.1 Å². The molecule has 1 fully saturated rings. The summed E-state index contributed by atoms with van der Waals surface area (Å²) in [6.45, 7) is 6.52. The Morgan fingerprint density at radius 2 is 1.76 bits per heavy atom. The Balaban J connectivity index is 1.50. The summed E-state index contributed by atoms with van der Waals surface area (Å²) in [4.78, 5) is 0.968. The minimum atomic E-state index is -4.37. The molecule has 236 valence electrons. The fourth-order valence-electron chi connectivity index (χ4n) is 6.43. The SMILES string of the molecule is CC/C(C=C1Sc2cc(C)c(C)cc2[N+]12CCCC2S(=O)(=O)O)=C\c1oc2ccc(-c3ccccc3)cc2[n+]1CCS(=O)(=O)O. The Bertz CT molecular complexity index is 2090. The highest BCUT2D eigenvalue weighted by Crippen LogP contribution is 2.57. The molecule has 0 amide bonds. The number of allylic oxidation sites excluding steroid dienone is 2. The first-order valence-electron chi connectivity index (χ1n) is 14.8. The van der Waals surface area contributed by atoms with Crippen LogP contribution in [-0.4, -0.2) is 43.6 Å². The maximum absolute atomic E-state index is 12.8. The normalized spacial score (nSPS) is 21.3. The molecule has 2 unspecified atom stereocenters. The molecule has 4 aromatic rings. The molecular formula is C33H36N2O7S3+2. The predicted molar refractivity (Wildman–Crippen MR) is 178 cm³/mol. The van der Waals surface area contributed by atoms with E-state index in [1.165, 1.54) is 11.8 Å². The van der Waals surface area contributed by atoms with Gasteiger partial charge in [-0.2, -0.15) is 21.4 Å². The highest BCUT2D eigenvalue weighted by molar-refractivity contribution is 8.03. The van der Waals surface area contributed by atoms with Crippen LogP contribution in [-0.2, 0) is 26.8 Å². The van der Waals surface area contributed by atoms with E-state index in [-0.39, 0.29) is 11.0 Å². The van der Waals surface area contributed by atoms with Crippen LogP contribution in [0.3, 0.4) is 0 Å². The lowest BCUT2D eigenvalue weighted by molar-refractivity contribution is -0.673. The summed E-state index contributed by atoms with van der Waals surface area (Å²) in [5, 5.41) is -0.213. The van der Waals surface area contributed by atoms with Gasteiger partial charge in [0.1, 0.15) is 5.75 Å². The summed E-state index contributed by atoms with van der Waals surface area (Å²) < 4.78 is 77.2. The zero-order valence-corrected chi connectivity index (χ0v) is 27.8. The van der Waals surface area contributed by atoms with E-state index in [0.717, 1.165) is 43.4 Å². The molecule has 0 saturated carbocycles. The van der Waals surface area contributed by atoms with Gasteiger partial charge in [0.25, 0.3) is 15.6 Å². The first-order chi connectivity index (χ1) is 21.3. The fourth-order valence-corrected chi connectivity index (χ4v) is 9.64. The summed E-state index contributed by atoms with van der Waals surface area (Å²) in [5.74, 6) is -0.0930. The second-order valence-electron chi connectivity index (χ2n) is 11.7. The number of benzene rings is 3. The van der Waals surface area contributed by atoms with E-state index in [1.807, 2.05) is 87.5 Å². The molecular weight excluding hydrogens is 633 g/mol. The van der Waals surface area contributed by atoms with Gasteiger partial charge in [-0.3, -0.25) is 9.11 Å². The highest BCUT2D eigenvalue weighted by atomic mass is 32.2. The lowest BCUT2D eigenvalue weighted by Crippen LogP contribution is -2.53. The number of fused-ring (bicyclic) bond motifs is 3. The molecule has 3 aromatic carbocycles. The lowest BCUT2D eigenvalue weighted by atomic mass is 10.1. The summed E-state index contributed by atoms with van der Waals surface area (Å²) in [6.07, 6.45) is 5.38.